The van der Waals surface area contributed by atoms with E-state index in [2.05, 4.69) is 5.32 Å². The van der Waals surface area contributed by atoms with Crippen LogP contribution in [-0.4, -0.2) is 55.1 Å². The van der Waals surface area contributed by atoms with E-state index in [0.717, 1.165) is 11.1 Å². The van der Waals surface area contributed by atoms with Gasteiger partial charge in [-0.25, -0.2) is 12.7 Å². The van der Waals surface area contributed by atoms with E-state index in [1.54, 1.807) is 42.2 Å². The van der Waals surface area contributed by atoms with E-state index >= 15 is 0 Å². The van der Waals surface area contributed by atoms with Crippen molar-refractivity contribution in [3.63, 3.8) is 0 Å². The fraction of sp³-hybridized carbons (Fsp3) is 0.440. The van der Waals surface area contributed by atoms with Crippen LogP contribution < -0.4 is 5.32 Å². The van der Waals surface area contributed by atoms with Gasteiger partial charge in [-0.1, -0.05) is 48.0 Å². The molecule has 8 heteroatoms. The van der Waals surface area contributed by atoms with Crippen LogP contribution in [0.25, 0.3) is 0 Å². The molecule has 0 heterocycles. The van der Waals surface area contributed by atoms with Crippen molar-refractivity contribution in [2.24, 2.45) is 0 Å². The summed E-state index contributed by atoms with van der Waals surface area (Å²) < 4.78 is 26.6. The highest BCUT2D eigenvalue weighted by molar-refractivity contribution is 7.89. The van der Waals surface area contributed by atoms with Gasteiger partial charge in [-0.15, -0.1) is 0 Å². The van der Waals surface area contributed by atoms with Crippen molar-refractivity contribution in [3.05, 3.63) is 65.7 Å². The van der Waals surface area contributed by atoms with E-state index in [4.69, 9.17) is 0 Å². The van der Waals surface area contributed by atoms with Gasteiger partial charge in [0, 0.05) is 32.6 Å². The molecule has 0 aliphatic heterocycles. The van der Waals surface area contributed by atoms with Crippen molar-refractivity contribution in [1.82, 2.24) is 14.5 Å². The second-order valence-electron chi connectivity index (χ2n) is 8.59. The number of hydrogen-bond donors (Lipinski definition) is 1. The van der Waals surface area contributed by atoms with Crippen molar-refractivity contribution >= 4 is 21.8 Å². The molecule has 0 spiro atoms. The first-order valence-electron chi connectivity index (χ1n) is 11.2. The molecule has 33 heavy (non-hydrogen) atoms. The molecule has 0 aliphatic carbocycles. The Bertz CT molecular complexity index is 1040. The highest BCUT2D eigenvalue weighted by Gasteiger charge is 2.27. The Hall–Kier alpha value is -2.71. The number of nitrogens with one attached hydrogen (secondary N) is 1. The van der Waals surface area contributed by atoms with Crippen LogP contribution in [0.4, 0.5) is 0 Å². The van der Waals surface area contributed by atoms with Crippen LogP contribution >= 0.6 is 0 Å². The average molecular weight is 474 g/mol. The fourth-order valence-electron chi connectivity index (χ4n) is 3.48. The number of carbonyl (C=O) groups is 2. The molecule has 0 unspecified atom stereocenters. The van der Waals surface area contributed by atoms with Crippen molar-refractivity contribution in [2.75, 3.05) is 13.6 Å². The minimum Gasteiger partial charge on any atom is -0.352 e. The Morgan fingerprint density at radius 1 is 1.00 bits per heavy atom. The first kappa shape index (κ1) is 26.5. The van der Waals surface area contributed by atoms with Crippen LogP contribution in [0.15, 0.2) is 59.5 Å². The minimum absolute atomic E-state index is 0.0345. The van der Waals surface area contributed by atoms with Crippen LogP contribution in [0.5, 0.6) is 0 Å². The molecule has 2 amide bonds. The van der Waals surface area contributed by atoms with Crippen LogP contribution in [0, 0.1) is 6.92 Å². The number of carbonyl (C=O) groups excluding carboxylic acids is 2. The largest absolute Gasteiger partial charge is 0.352 e. The summed E-state index contributed by atoms with van der Waals surface area (Å²) in [7, 11) is -2.10. The van der Waals surface area contributed by atoms with Gasteiger partial charge < -0.3 is 10.2 Å². The van der Waals surface area contributed by atoms with E-state index < -0.39 is 16.1 Å². The number of aryl methyl sites for hydroxylation is 1. The Morgan fingerprint density at radius 2 is 1.67 bits per heavy atom. The summed E-state index contributed by atoms with van der Waals surface area (Å²) in [6, 6.07) is 15.4. The summed E-state index contributed by atoms with van der Waals surface area (Å²) in [4.78, 5) is 27.6. The summed E-state index contributed by atoms with van der Waals surface area (Å²) in [5, 5.41) is 2.87. The van der Waals surface area contributed by atoms with Gasteiger partial charge in [0.05, 0.1) is 4.90 Å². The SMILES string of the molecule is Cc1cccc(CN(C(=O)CCCN(C)S(=O)(=O)c2ccccc2)[C@@H](C)C(=O)NC(C)C)c1. The highest BCUT2D eigenvalue weighted by atomic mass is 32.2. The third kappa shape index (κ3) is 7.68. The van der Waals surface area contributed by atoms with Crippen molar-refractivity contribution in [1.29, 1.82) is 0 Å². The molecule has 0 radical (unpaired) electrons. The molecule has 2 rings (SSSR count). The van der Waals surface area contributed by atoms with Crippen LogP contribution in [0.3, 0.4) is 0 Å². The van der Waals surface area contributed by atoms with Gasteiger partial charge in [0.25, 0.3) is 0 Å². The summed E-state index contributed by atoms with van der Waals surface area (Å²) in [5.41, 5.74) is 2.02. The van der Waals surface area contributed by atoms with Gasteiger partial charge >= 0.3 is 0 Å². The van der Waals surface area contributed by atoms with E-state index in [1.165, 1.54) is 11.4 Å². The van der Waals surface area contributed by atoms with E-state index in [9.17, 15) is 18.0 Å². The summed E-state index contributed by atoms with van der Waals surface area (Å²) in [6.45, 7) is 7.96. The van der Waals surface area contributed by atoms with Crippen LogP contribution in [0.2, 0.25) is 0 Å². The molecule has 1 atom stereocenters. The van der Waals surface area contributed by atoms with Gasteiger partial charge in [0.2, 0.25) is 21.8 Å². The van der Waals surface area contributed by atoms with Crippen LogP contribution in [-0.2, 0) is 26.2 Å². The fourth-order valence-corrected chi connectivity index (χ4v) is 4.71. The molecular weight excluding hydrogens is 438 g/mol. The van der Waals surface area contributed by atoms with Crippen molar-refractivity contribution in [3.8, 4) is 0 Å². The third-order valence-corrected chi connectivity index (χ3v) is 7.22. The van der Waals surface area contributed by atoms with Gasteiger partial charge in [-0.3, -0.25) is 9.59 Å². The van der Waals surface area contributed by atoms with E-state index in [1.807, 2.05) is 45.0 Å². The number of sulfonamides is 1. The maximum Gasteiger partial charge on any atom is 0.242 e. The molecule has 0 saturated carbocycles. The molecule has 1 N–H and O–H groups in total. The monoisotopic (exact) mass is 473 g/mol. The number of benzene rings is 2. The Balaban J connectivity index is 2.08. The number of nitrogens with zero attached hydrogens (tertiary/aromatic N) is 2. The molecule has 7 nitrogen and oxygen atoms in total. The predicted octanol–water partition coefficient (Wildman–Crippen LogP) is 3.34. The highest BCUT2D eigenvalue weighted by Crippen LogP contribution is 2.16. The quantitative estimate of drug-likeness (QED) is 0.542. The Labute approximate surface area is 197 Å². The van der Waals surface area contributed by atoms with Crippen LogP contribution in [0.1, 0.15) is 44.7 Å². The molecule has 0 bridgehead atoms. The Kier molecular flexibility index (Phi) is 9.61. The minimum atomic E-state index is -3.61. The lowest BCUT2D eigenvalue weighted by molar-refractivity contribution is -0.140. The number of amides is 2. The topological polar surface area (TPSA) is 86.8 Å². The first-order chi connectivity index (χ1) is 15.5. The molecule has 180 valence electrons. The molecule has 2 aromatic carbocycles. The molecular formula is C25H35N3O4S. The first-order valence-corrected chi connectivity index (χ1v) is 12.6. The number of rotatable bonds is 11. The predicted molar refractivity (Wildman–Crippen MR) is 130 cm³/mol. The summed E-state index contributed by atoms with van der Waals surface area (Å²) >= 11 is 0. The molecule has 2 aromatic rings. The third-order valence-electron chi connectivity index (χ3n) is 5.35. The van der Waals surface area contributed by atoms with Gasteiger partial charge in [-0.2, -0.15) is 0 Å². The normalized spacial score (nSPS) is 12.6. The van der Waals surface area contributed by atoms with Gasteiger partial charge in [0.15, 0.2) is 0 Å². The summed E-state index contributed by atoms with van der Waals surface area (Å²) in [5.74, 6) is -0.400. The molecule has 0 saturated heterocycles. The second-order valence-corrected chi connectivity index (χ2v) is 10.6. The zero-order valence-corrected chi connectivity index (χ0v) is 20.9. The lowest BCUT2D eigenvalue weighted by atomic mass is 10.1. The van der Waals surface area contributed by atoms with E-state index in [-0.39, 0.29) is 35.7 Å². The maximum atomic E-state index is 13.1. The Morgan fingerprint density at radius 3 is 2.27 bits per heavy atom. The lowest BCUT2D eigenvalue weighted by Gasteiger charge is -2.30. The average Bonchev–Trinajstić information content (AvgIpc) is 2.77. The molecule has 0 aromatic heterocycles. The standard InChI is InChI=1S/C25H35N3O4S/c1-19(2)26-25(30)21(4)28(18-22-12-9-11-20(3)17-22)24(29)15-10-16-27(5)33(31,32)23-13-7-6-8-14-23/h6-9,11-14,17,19,21H,10,15-16,18H2,1-5H3,(H,26,30)/t21-/m0/s1. The maximum absolute atomic E-state index is 13.1. The zero-order valence-electron chi connectivity index (χ0n) is 20.1. The van der Waals surface area contributed by atoms with Crippen molar-refractivity contribution < 1.29 is 18.0 Å². The van der Waals surface area contributed by atoms with Crippen molar-refractivity contribution in [2.45, 2.75) is 64.1 Å². The summed E-state index contributed by atoms with van der Waals surface area (Å²) in [6.07, 6.45) is 0.490. The molecule has 0 aliphatic rings. The second kappa shape index (κ2) is 12.0. The molecule has 0 fully saturated rings. The van der Waals surface area contributed by atoms with E-state index in [0.29, 0.717) is 13.0 Å². The zero-order chi connectivity index (χ0) is 24.6. The van der Waals surface area contributed by atoms with Gasteiger partial charge in [-0.05, 0) is 51.8 Å². The van der Waals surface area contributed by atoms with Gasteiger partial charge in [0.1, 0.15) is 6.04 Å². The lowest BCUT2D eigenvalue weighted by Crippen LogP contribution is -2.49. The smallest absolute Gasteiger partial charge is 0.242 e. The number of hydrogen-bond acceptors (Lipinski definition) is 4.